The van der Waals surface area contributed by atoms with E-state index in [1.54, 1.807) is 60.7 Å². The molecule has 0 saturated heterocycles. The maximum atomic E-state index is 11.8. The number of carbonyl (C=O) groups excluding carboxylic acids is 4. The van der Waals surface area contributed by atoms with Crippen LogP contribution in [0.5, 0.6) is 0 Å². The smallest absolute Gasteiger partial charge is 0.0590 e. The third kappa shape index (κ3) is 8.64. The molecule has 0 N–H and O–H groups in total. The highest BCUT2D eigenvalue weighted by Crippen LogP contribution is 2.12. The molecule has 0 aromatic heterocycles. The van der Waals surface area contributed by atoms with Gasteiger partial charge in [0.05, 0.1) is 36.0 Å². The molecule has 2 atom stereocenters. The fourth-order valence-corrected chi connectivity index (χ4v) is 3.68. The van der Waals surface area contributed by atoms with Gasteiger partial charge in [0.2, 0.25) is 0 Å². The van der Waals surface area contributed by atoms with Crippen molar-refractivity contribution in [2.24, 2.45) is 0 Å². The molecule has 34 heavy (non-hydrogen) atoms. The van der Waals surface area contributed by atoms with Gasteiger partial charge in [-0.05, 0) is 24.0 Å². The van der Waals surface area contributed by atoms with Gasteiger partial charge in [-0.3, -0.25) is 9.80 Å². The Balaban J connectivity index is 2.25. The van der Waals surface area contributed by atoms with E-state index in [4.69, 9.17) is 0 Å². The average molecular weight is 468 g/mol. The predicted molar refractivity (Wildman–Crippen MR) is 111 cm³/mol. The van der Waals surface area contributed by atoms with Crippen LogP contribution < -0.4 is 20.4 Å². The molecule has 0 aliphatic carbocycles. The zero-order valence-corrected chi connectivity index (χ0v) is 18.3. The van der Waals surface area contributed by atoms with Crippen molar-refractivity contribution in [3.8, 4) is 0 Å². The van der Waals surface area contributed by atoms with Crippen molar-refractivity contribution < 1.29 is 39.6 Å². The van der Waals surface area contributed by atoms with Crippen LogP contribution >= 0.6 is 0 Å². The Kier molecular flexibility index (Phi) is 10.2. The van der Waals surface area contributed by atoms with Crippen LogP contribution in [0.15, 0.2) is 60.7 Å². The van der Waals surface area contributed by atoms with Crippen LogP contribution in [0.1, 0.15) is 11.1 Å². The second-order valence-electron chi connectivity index (χ2n) is 7.73. The third-order valence-electron chi connectivity index (χ3n) is 5.31. The standard InChI is InChI=1S/C24H28N2O8/c27-21(28)15-25(19(23(31)32)13-17-7-3-1-4-8-17)11-12-26(16-22(29)30)20(24(33)34)14-18-9-5-2-6-10-18/h1-10,19-20H,11-16H2,(H,27,28)(H,29,30)(H,31,32)(H,33,34)/p-4. The highest BCUT2D eigenvalue weighted by molar-refractivity contribution is 5.74. The minimum atomic E-state index is -1.55. The molecular formula is C24H24N2O8-4. The quantitative estimate of drug-likeness (QED) is 0.250. The molecule has 0 amide bonds. The Labute approximate surface area is 196 Å². The first-order chi connectivity index (χ1) is 16.2. The minimum absolute atomic E-state index is 0.0785. The van der Waals surface area contributed by atoms with Gasteiger partial charge in [0.15, 0.2) is 0 Å². The molecule has 0 spiro atoms. The minimum Gasteiger partial charge on any atom is -0.549 e. The van der Waals surface area contributed by atoms with Crippen molar-refractivity contribution in [1.29, 1.82) is 0 Å². The number of carboxylic acids is 4. The summed E-state index contributed by atoms with van der Waals surface area (Å²) in [5, 5.41) is 46.3. The lowest BCUT2D eigenvalue weighted by Gasteiger charge is -2.37. The summed E-state index contributed by atoms with van der Waals surface area (Å²) in [6.07, 6.45) is -0.157. The number of rotatable bonds is 15. The van der Waals surface area contributed by atoms with Gasteiger partial charge in [-0.2, -0.15) is 0 Å². The molecule has 0 bridgehead atoms. The number of benzene rings is 2. The van der Waals surface area contributed by atoms with E-state index in [0.717, 1.165) is 9.80 Å². The summed E-state index contributed by atoms with van der Waals surface area (Å²) in [4.78, 5) is 48.4. The second-order valence-corrected chi connectivity index (χ2v) is 7.73. The molecule has 0 fully saturated rings. The first-order valence-corrected chi connectivity index (χ1v) is 10.5. The molecule has 0 aliphatic heterocycles. The second kappa shape index (κ2) is 13.1. The Morgan fingerprint density at radius 1 is 0.588 bits per heavy atom. The SMILES string of the molecule is O=C([O-])CN(CCN(CC(=O)[O-])C(Cc1ccccc1)C(=O)[O-])C(Cc1ccccc1)C(=O)[O-]. The van der Waals surface area contributed by atoms with Crippen molar-refractivity contribution in [3.05, 3.63) is 71.8 Å². The average Bonchev–Trinajstić information content (AvgIpc) is 2.78. The molecule has 2 unspecified atom stereocenters. The highest BCUT2D eigenvalue weighted by atomic mass is 16.4. The van der Waals surface area contributed by atoms with Crippen molar-refractivity contribution in [3.63, 3.8) is 0 Å². The van der Waals surface area contributed by atoms with Gasteiger partial charge in [-0.1, -0.05) is 60.7 Å². The molecule has 0 aliphatic rings. The van der Waals surface area contributed by atoms with Gasteiger partial charge in [0.25, 0.3) is 0 Å². The van der Waals surface area contributed by atoms with E-state index in [1.165, 1.54) is 0 Å². The van der Waals surface area contributed by atoms with Crippen LogP contribution in [-0.4, -0.2) is 71.9 Å². The molecule has 182 valence electrons. The Hall–Kier alpha value is -3.76. The highest BCUT2D eigenvalue weighted by Gasteiger charge is 2.25. The summed E-state index contributed by atoms with van der Waals surface area (Å²) in [6, 6.07) is 14.2. The Morgan fingerprint density at radius 3 is 1.18 bits per heavy atom. The van der Waals surface area contributed by atoms with Gasteiger partial charge >= 0.3 is 0 Å². The van der Waals surface area contributed by atoms with Crippen molar-refractivity contribution in [2.75, 3.05) is 26.2 Å². The molecule has 0 heterocycles. The van der Waals surface area contributed by atoms with Crippen molar-refractivity contribution in [2.45, 2.75) is 24.9 Å². The lowest BCUT2D eigenvalue weighted by Crippen LogP contribution is -2.57. The van der Waals surface area contributed by atoms with E-state index in [2.05, 4.69) is 0 Å². The molecule has 0 saturated carbocycles. The Morgan fingerprint density at radius 2 is 0.912 bits per heavy atom. The van der Waals surface area contributed by atoms with Crippen LogP contribution in [0.2, 0.25) is 0 Å². The number of hydrogen-bond donors (Lipinski definition) is 0. The first kappa shape index (κ1) is 26.5. The van der Waals surface area contributed by atoms with Gasteiger partial charge in [0, 0.05) is 26.2 Å². The zero-order valence-electron chi connectivity index (χ0n) is 18.3. The van der Waals surface area contributed by atoms with Gasteiger partial charge in [0.1, 0.15) is 0 Å². The summed E-state index contributed by atoms with van der Waals surface area (Å²) in [6.45, 7) is -2.13. The molecule has 2 aromatic carbocycles. The lowest BCUT2D eigenvalue weighted by molar-refractivity contribution is -0.319. The van der Waals surface area contributed by atoms with E-state index in [0.29, 0.717) is 11.1 Å². The van der Waals surface area contributed by atoms with E-state index in [1.807, 2.05) is 0 Å². The van der Waals surface area contributed by atoms with Crippen LogP contribution in [0.25, 0.3) is 0 Å². The third-order valence-corrected chi connectivity index (χ3v) is 5.31. The monoisotopic (exact) mass is 468 g/mol. The summed E-state index contributed by atoms with van der Waals surface area (Å²) >= 11 is 0. The molecular weight excluding hydrogens is 444 g/mol. The normalized spacial score (nSPS) is 12.9. The van der Waals surface area contributed by atoms with Gasteiger partial charge in [-0.15, -0.1) is 0 Å². The summed E-state index contributed by atoms with van der Waals surface area (Å²) in [5.74, 6) is -6.16. The molecule has 0 radical (unpaired) electrons. The van der Waals surface area contributed by atoms with Crippen LogP contribution in [0.4, 0.5) is 0 Å². The van der Waals surface area contributed by atoms with E-state index < -0.39 is 49.1 Å². The lowest BCUT2D eigenvalue weighted by atomic mass is 10.0. The fourth-order valence-electron chi connectivity index (χ4n) is 3.68. The molecule has 2 aromatic rings. The summed E-state index contributed by atoms with van der Waals surface area (Å²) < 4.78 is 0. The summed E-state index contributed by atoms with van der Waals surface area (Å²) in [5.41, 5.74) is 1.23. The Bertz CT molecular complexity index is 888. The zero-order chi connectivity index (χ0) is 25.1. The van der Waals surface area contributed by atoms with E-state index in [9.17, 15) is 39.6 Å². The van der Waals surface area contributed by atoms with Crippen LogP contribution in [0, 0.1) is 0 Å². The number of carboxylic acid groups (broad SMARTS) is 4. The fraction of sp³-hybridized carbons (Fsp3) is 0.333. The summed E-state index contributed by atoms with van der Waals surface area (Å²) in [7, 11) is 0. The van der Waals surface area contributed by atoms with Crippen molar-refractivity contribution >= 4 is 23.9 Å². The number of hydrogen-bond acceptors (Lipinski definition) is 10. The van der Waals surface area contributed by atoms with Gasteiger partial charge in [-0.25, -0.2) is 0 Å². The maximum Gasteiger partial charge on any atom is 0.0590 e. The van der Waals surface area contributed by atoms with Crippen LogP contribution in [-0.2, 0) is 32.0 Å². The van der Waals surface area contributed by atoms with Crippen LogP contribution in [0.3, 0.4) is 0 Å². The topological polar surface area (TPSA) is 167 Å². The maximum absolute atomic E-state index is 11.8. The first-order valence-electron chi connectivity index (χ1n) is 10.5. The van der Waals surface area contributed by atoms with E-state index >= 15 is 0 Å². The predicted octanol–water partition coefficient (Wildman–Crippen LogP) is -4.19. The molecule has 2 rings (SSSR count). The molecule has 10 nitrogen and oxygen atoms in total. The molecule has 10 heteroatoms. The number of nitrogens with zero attached hydrogens (tertiary/aromatic N) is 2. The number of aliphatic carboxylic acids is 4. The van der Waals surface area contributed by atoms with Crippen molar-refractivity contribution in [1.82, 2.24) is 9.80 Å². The number of carbonyl (C=O) groups is 4. The van der Waals surface area contributed by atoms with E-state index in [-0.39, 0.29) is 25.9 Å². The largest absolute Gasteiger partial charge is 0.549 e. The van der Waals surface area contributed by atoms with Gasteiger partial charge < -0.3 is 39.6 Å².